The van der Waals surface area contributed by atoms with Crippen molar-refractivity contribution in [1.29, 1.82) is 5.26 Å². The molecule has 0 aromatic carbocycles. The van der Waals surface area contributed by atoms with E-state index in [-0.39, 0.29) is 6.10 Å². The van der Waals surface area contributed by atoms with Gasteiger partial charge in [0.15, 0.2) is 5.75 Å². The predicted octanol–water partition coefficient (Wildman–Crippen LogP) is 5.18. The largest absolute Gasteiger partial charge is 0.485 e. The highest BCUT2D eigenvalue weighted by atomic mass is 35.5. The summed E-state index contributed by atoms with van der Waals surface area (Å²) in [5.41, 5.74) is 1.46. The summed E-state index contributed by atoms with van der Waals surface area (Å²) in [6, 6.07) is 3.94. The van der Waals surface area contributed by atoms with Gasteiger partial charge in [-0.2, -0.15) is 5.26 Å². The minimum atomic E-state index is 0.171. The zero-order chi connectivity index (χ0) is 18.5. The van der Waals surface area contributed by atoms with E-state index in [2.05, 4.69) is 16.0 Å². The van der Waals surface area contributed by atoms with Gasteiger partial charge in [0.25, 0.3) is 5.88 Å². The Labute approximate surface area is 162 Å². The normalized spacial score (nSPS) is 14.9. The zero-order valence-electron chi connectivity index (χ0n) is 14.2. The van der Waals surface area contributed by atoms with Crippen LogP contribution in [-0.2, 0) is 0 Å². The van der Waals surface area contributed by atoms with Crippen LogP contribution >= 0.6 is 23.2 Å². The van der Waals surface area contributed by atoms with Gasteiger partial charge in [0.2, 0.25) is 0 Å². The number of methoxy groups -OCH3 is 1. The Morgan fingerprint density at radius 3 is 2.54 bits per heavy atom. The Bertz CT molecular complexity index is 851. The highest BCUT2D eigenvalue weighted by Gasteiger charge is 2.19. The molecule has 0 radical (unpaired) electrons. The van der Waals surface area contributed by atoms with Crippen LogP contribution in [0, 0.1) is 11.3 Å². The molecule has 0 spiro atoms. The number of aromatic nitrogens is 2. The van der Waals surface area contributed by atoms with E-state index in [1.807, 2.05) is 6.07 Å². The van der Waals surface area contributed by atoms with Gasteiger partial charge in [-0.25, -0.2) is 4.98 Å². The lowest BCUT2D eigenvalue weighted by atomic mass is 10.1. The molecule has 0 unspecified atom stereocenters. The molecule has 134 valence electrons. The van der Waals surface area contributed by atoms with Crippen LogP contribution in [0.5, 0.6) is 11.6 Å². The smallest absolute Gasteiger partial charge is 0.256 e. The van der Waals surface area contributed by atoms with E-state index in [0.717, 1.165) is 25.7 Å². The number of rotatable bonds is 5. The van der Waals surface area contributed by atoms with Crippen molar-refractivity contribution in [3.63, 3.8) is 0 Å². The van der Waals surface area contributed by atoms with Gasteiger partial charge < -0.3 is 9.47 Å². The summed E-state index contributed by atoms with van der Waals surface area (Å²) in [4.78, 5) is 8.20. The lowest BCUT2D eigenvalue weighted by Gasteiger charge is -2.15. The van der Waals surface area contributed by atoms with Gasteiger partial charge in [0, 0.05) is 24.2 Å². The third-order valence-electron chi connectivity index (χ3n) is 4.18. The Morgan fingerprint density at radius 2 is 1.92 bits per heavy atom. The minimum absolute atomic E-state index is 0.171. The topological polar surface area (TPSA) is 68.0 Å². The average Bonchev–Trinajstić information content (AvgIpc) is 3.14. The summed E-state index contributed by atoms with van der Waals surface area (Å²) in [6.07, 6.45) is 10.7. The number of nitriles is 1. The average molecular weight is 390 g/mol. The highest BCUT2D eigenvalue weighted by molar-refractivity contribution is 6.38. The fraction of sp³-hybridized carbons (Fsp3) is 0.316. The van der Waals surface area contributed by atoms with Crippen molar-refractivity contribution in [2.75, 3.05) is 7.11 Å². The van der Waals surface area contributed by atoms with Crippen LogP contribution in [0.15, 0.2) is 24.7 Å². The van der Waals surface area contributed by atoms with Crippen LogP contribution in [0.2, 0.25) is 10.0 Å². The number of halogens is 2. The van der Waals surface area contributed by atoms with Crippen LogP contribution in [0.3, 0.4) is 0 Å². The monoisotopic (exact) mass is 389 g/mol. The van der Waals surface area contributed by atoms with Crippen molar-refractivity contribution >= 4 is 34.9 Å². The first-order valence-electron chi connectivity index (χ1n) is 8.24. The summed E-state index contributed by atoms with van der Waals surface area (Å²) in [5, 5.41) is 10.2. The third-order valence-corrected chi connectivity index (χ3v) is 4.76. The molecule has 0 atom stereocenters. The molecule has 2 aromatic heterocycles. The second-order valence-electron chi connectivity index (χ2n) is 5.95. The fourth-order valence-corrected chi connectivity index (χ4v) is 3.51. The lowest BCUT2D eigenvalue weighted by molar-refractivity contribution is 0.198. The SMILES string of the molecule is COc1ncc(/C=C(\C#N)c2c(Cl)cncc2Cl)cc1OC1CCCC1. The molecule has 0 aliphatic heterocycles. The van der Waals surface area contributed by atoms with Crippen molar-refractivity contribution in [3.8, 4) is 17.7 Å². The maximum absolute atomic E-state index is 9.56. The summed E-state index contributed by atoms with van der Waals surface area (Å²) < 4.78 is 11.3. The first kappa shape index (κ1) is 18.5. The number of hydrogen-bond acceptors (Lipinski definition) is 5. The number of hydrogen-bond donors (Lipinski definition) is 0. The first-order chi connectivity index (χ1) is 12.6. The van der Waals surface area contributed by atoms with Gasteiger partial charge in [-0.3, -0.25) is 4.98 Å². The molecule has 1 aliphatic carbocycles. The Kier molecular flexibility index (Phi) is 5.97. The summed E-state index contributed by atoms with van der Waals surface area (Å²) in [7, 11) is 1.55. The first-order valence-corrected chi connectivity index (χ1v) is 9.00. The van der Waals surface area contributed by atoms with Gasteiger partial charge in [-0.05, 0) is 43.4 Å². The minimum Gasteiger partial charge on any atom is -0.485 e. The van der Waals surface area contributed by atoms with Gasteiger partial charge in [-0.15, -0.1) is 0 Å². The molecule has 3 rings (SSSR count). The molecular formula is C19H17Cl2N3O2. The molecule has 2 aromatic rings. The second-order valence-corrected chi connectivity index (χ2v) is 6.76. The lowest BCUT2D eigenvalue weighted by Crippen LogP contribution is -2.12. The molecule has 1 fully saturated rings. The molecule has 1 saturated carbocycles. The Morgan fingerprint density at radius 1 is 1.23 bits per heavy atom. The van der Waals surface area contributed by atoms with Crippen LogP contribution in [-0.4, -0.2) is 23.2 Å². The van der Waals surface area contributed by atoms with Crippen molar-refractivity contribution in [1.82, 2.24) is 9.97 Å². The van der Waals surface area contributed by atoms with Crippen molar-refractivity contribution in [2.24, 2.45) is 0 Å². The molecule has 2 heterocycles. The Hall–Kier alpha value is -2.29. The van der Waals surface area contributed by atoms with Crippen molar-refractivity contribution in [3.05, 3.63) is 45.8 Å². The highest BCUT2D eigenvalue weighted by Crippen LogP contribution is 2.34. The molecule has 1 aliphatic rings. The van der Waals surface area contributed by atoms with Crippen LogP contribution in [0.25, 0.3) is 11.6 Å². The maximum atomic E-state index is 9.56. The van der Waals surface area contributed by atoms with E-state index < -0.39 is 0 Å². The zero-order valence-corrected chi connectivity index (χ0v) is 15.7. The van der Waals surface area contributed by atoms with E-state index in [9.17, 15) is 5.26 Å². The molecule has 0 saturated heterocycles. The van der Waals surface area contributed by atoms with Crippen molar-refractivity contribution < 1.29 is 9.47 Å². The number of ether oxygens (including phenoxy) is 2. The van der Waals surface area contributed by atoms with Gasteiger partial charge in [-0.1, -0.05) is 23.2 Å². The fourth-order valence-electron chi connectivity index (χ4n) is 2.95. The van der Waals surface area contributed by atoms with Gasteiger partial charge >= 0.3 is 0 Å². The van der Waals surface area contributed by atoms with Crippen LogP contribution < -0.4 is 9.47 Å². The van der Waals surface area contributed by atoms with Crippen LogP contribution in [0.1, 0.15) is 36.8 Å². The standard InChI is InChI=1S/C19H17Cl2N3O2/c1-25-19-17(26-14-4-2-3-5-14)7-12(9-24-19)6-13(8-22)18-15(20)10-23-11-16(18)21/h6-7,9-11,14H,2-5H2,1H3/b13-6+. The van der Waals surface area contributed by atoms with E-state index >= 15 is 0 Å². The number of nitrogens with zero attached hydrogens (tertiary/aromatic N) is 3. The van der Waals surface area contributed by atoms with E-state index in [1.54, 1.807) is 19.4 Å². The molecule has 7 heteroatoms. The molecule has 0 bridgehead atoms. The summed E-state index contributed by atoms with van der Waals surface area (Å²) in [5.74, 6) is 0.991. The predicted molar refractivity (Wildman–Crippen MR) is 101 cm³/mol. The molecule has 0 N–H and O–H groups in total. The third kappa shape index (κ3) is 4.09. The van der Waals surface area contributed by atoms with Crippen molar-refractivity contribution in [2.45, 2.75) is 31.8 Å². The number of allylic oxidation sites excluding steroid dienone is 1. The number of pyridine rings is 2. The van der Waals surface area contributed by atoms with E-state index in [0.29, 0.717) is 38.4 Å². The molecule has 0 amide bonds. The molecule has 26 heavy (non-hydrogen) atoms. The molecular weight excluding hydrogens is 373 g/mol. The molecule has 5 nitrogen and oxygen atoms in total. The quantitative estimate of drug-likeness (QED) is 0.659. The van der Waals surface area contributed by atoms with Gasteiger partial charge in [0.1, 0.15) is 0 Å². The van der Waals surface area contributed by atoms with E-state index in [4.69, 9.17) is 32.7 Å². The Balaban J connectivity index is 1.97. The summed E-state index contributed by atoms with van der Waals surface area (Å²) >= 11 is 12.3. The van der Waals surface area contributed by atoms with Gasteiger partial charge in [0.05, 0.1) is 34.9 Å². The second kappa shape index (κ2) is 8.39. The summed E-state index contributed by atoms with van der Waals surface area (Å²) in [6.45, 7) is 0. The maximum Gasteiger partial charge on any atom is 0.256 e. The van der Waals surface area contributed by atoms with E-state index in [1.165, 1.54) is 12.4 Å². The van der Waals surface area contributed by atoms with Crippen LogP contribution in [0.4, 0.5) is 0 Å².